The van der Waals surface area contributed by atoms with E-state index >= 15 is 0 Å². The van der Waals surface area contributed by atoms with Crippen LogP contribution in [-0.4, -0.2) is 62.3 Å². The molecule has 2 aliphatic rings. The highest BCUT2D eigenvalue weighted by molar-refractivity contribution is 5.20. The first-order chi connectivity index (χ1) is 10.3. The molecule has 2 aliphatic heterocycles. The zero-order valence-electron chi connectivity index (χ0n) is 13.2. The van der Waals surface area contributed by atoms with Gasteiger partial charge < -0.3 is 9.64 Å². The van der Waals surface area contributed by atoms with Gasteiger partial charge in [0.05, 0.1) is 6.10 Å². The fourth-order valence-electron chi connectivity index (χ4n) is 3.72. The van der Waals surface area contributed by atoms with Crippen molar-refractivity contribution in [2.24, 2.45) is 0 Å². The SMILES string of the molecule is CO[C@H]1CCCN(CCN2CC[C@H](c3ccccc3)C2)C1. The Morgan fingerprint density at radius 2 is 1.76 bits per heavy atom. The molecule has 2 fully saturated rings. The van der Waals surface area contributed by atoms with Crippen LogP contribution in [0.25, 0.3) is 0 Å². The van der Waals surface area contributed by atoms with E-state index in [1.807, 2.05) is 7.11 Å². The van der Waals surface area contributed by atoms with Crippen molar-refractivity contribution in [3.8, 4) is 0 Å². The number of likely N-dealkylation sites (tertiary alicyclic amines) is 2. The van der Waals surface area contributed by atoms with Crippen molar-refractivity contribution in [1.82, 2.24) is 9.80 Å². The normalized spacial score (nSPS) is 28.0. The van der Waals surface area contributed by atoms with Crippen molar-refractivity contribution >= 4 is 0 Å². The van der Waals surface area contributed by atoms with Crippen molar-refractivity contribution in [1.29, 1.82) is 0 Å². The van der Waals surface area contributed by atoms with E-state index in [1.165, 1.54) is 57.5 Å². The third-order valence-corrected chi connectivity index (χ3v) is 5.07. The minimum atomic E-state index is 0.453. The summed E-state index contributed by atoms with van der Waals surface area (Å²) < 4.78 is 5.51. The first-order valence-corrected chi connectivity index (χ1v) is 8.37. The van der Waals surface area contributed by atoms with Crippen LogP contribution in [0.1, 0.15) is 30.7 Å². The fraction of sp³-hybridized carbons (Fsp3) is 0.667. The molecule has 3 rings (SSSR count). The van der Waals surface area contributed by atoms with Crippen LogP contribution >= 0.6 is 0 Å². The van der Waals surface area contributed by atoms with Gasteiger partial charge in [0.1, 0.15) is 0 Å². The van der Waals surface area contributed by atoms with Crippen LogP contribution in [0.5, 0.6) is 0 Å². The first-order valence-electron chi connectivity index (χ1n) is 8.37. The third-order valence-electron chi connectivity index (χ3n) is 5.07. The van der Waals surface area contributed by atoms with E-state index in [1.54, 1.807) is 0 Å². The van der Waals surface area contributed by atoms with Gasteiger partial charge in [-0.15, -0.1) is 0 Å². The number of nitrogens with zero attached hydrogens (tertiary/aromatic N) is 2. The van der Waals surface area contributed by atoms with Gasteiger partial charge in [-0.25, -0.2) is 0 Å². The predicted octanol–water partition coefficient (Wildman–Crippen LogP) is 2.59. The van der Waals surface area contributed by atoms with Crippen molar-refractivity contribution in [3.05, 3.63) is 35.9 Å². The molecule has 0 saturated carbocycles. The molecular weight excluding hydrogens is 260 g/mol. The van der Waals surface area contributed by atoms with E-state index in [0.29, 0.717) is 6.10 Å². The summed E-state index contributed by atoms with van der Waals surface area (Å²) in [7, 11) is 1.85. The lowest BCUT2D eigenvalue weighted by molar-refractivity contribution is 0.0288. The van der Waals surface area contributed by atoms with Crippen molar-refractivity contribution < 1.29 is 4.74 Å². The van der Waals surface area contributed by atoms with Crippen LogP contribution in [0.4, 0.5) is 0 Å². The van der Waals surface area contributed by atoms with E-state index in [9.17, 15) is 0 Å². The minimum absolute atomic E-state index is 0.453. The Balaban J connectivity index is 1.43. The summed E-state index contributed by atoms with van der Waals surface area (Å²) in [4.78, 5) is 5.21. The second-order valence-corrected chi connectivity index (χ2v) is 6.50. The lowest BCUT2D eigenvalue weighted by Gasteiger charge is -2.33. The van der Waals surface area contributed by atoms with Gasteiger partial charge in [0.2, 0.25) is 0 Å². The summed E-state index contributed by atoms with van der Waals surface area (Å²) in [6, 6.07) is 11.0. The van der Waals surface area contributed by atoms with Gasteiger partial charge in [0.15, 0.2) is 0 Å². The molecule has 0 aliphatic carbocycles. The molecule has 2 atom stereocenters. The number of ether oxygens (including phenoxy) is 1. The van der Waals surface area contributed by atoms with Crippen LogP contribution < -0.4 is 0 Å². The number of hydrogen-bond acceptors (Lipinski definition) is 3. The van der Waals surface area contributed by atoms with Gasteiger partial charge in [0.25, 0.3) is 0 Å². The van der Waals surface area contributed by atoms with Crippen LogP contribution in [0.3, 0.4) is 0 Å². The van der Waals surface area contributed by atoms with E-state index in [4.69, 9.17) is 4.74 Å². The van der Waals surface area contributed by atoms with Crippen LogP contribution in [0, 0.1) is 0 Å². The quantitative estimate of drug-likeness (QED) is 0.828. The Kier molecular flexibility index (Phi) is 5.28. The summed E-state index contributed by atoms with van der Waals surface area (Å²) in [6.45, 7) is 7.25. The maximum Gasteiger partial charge on any atom is 0.0698 e. The smallest absolute Gasteiger partial charge is 0.0698 e. The second-order valence-electron chi connectivity index (χ2n) is 6.50. The highest BCUT2D eigenvalue weighted by Crippen LogP contribution is 2.26. The highest BCUT2D eigenvalue weighted by Gasteiger charge is 2.25. The molecule has 0 bridgehead atoms. The van der Waals surface area contributed by atoms with Gasteiger partial charge in [0, 0.05) is 33.3 Å². The molecule has 0 unspecified atom stereocenters. The van der Waals surface area contributed by atoms with Crippen molar-refractivity contribution in [2.75, 3.05) is 46.4 Å². The maximum absolute atomic E-state index is 5.51. The first kappa shape index (κ1) is 15.0. The Morgan fingerprint density at radius 1 is 1.00 bits per heavy atom. The molecule has 0 aromatic heterocycles. The minimum Gasteiger partial charge on any atom is -0.380 e. The van der Waals surface area contributed by atoms with E-state index < -0.39 is 0 Å². The van der Waals surface area contributed by atoms with E-state index in [-0.39, 0.29) is 0 Å². The summed E-state index contributed by atoms with van der Waals surface area (Å²) in [5, 5.41) is 0. The molecular formula is C18H28N2O. The van der Waals surface area contributed by atoms with Gasteiger partial charge in [-0.05, 0) is 43.8 Å². The third kappa shape index (κ3) is 4.06. The van der Waals surface area contributed by atoms with Gasteiger partial charge in [-0.3, -0.25) is 4.90 Å². The molecule has 1 aromatic carbocycles. The molecule has 0 radical (unpaired) electrons. The molecule has 0 N–H and O–H groups in total. The monoisotopic (exact) mass is 288 g/mol. The average molecular weight is 288 g/mol. The molecule has 116 valence electrons. The van der Waals surface area contributed by atoms with Crippen LogP contribution in [0.2, 0.25) is 0 Å². The maximum atomic E-state index is 5.51. The molecule has 2 saturated heterocycles. The molecule has 0 spiro atoms. The Labute approximate surface area is 128 Å². The Hall–Kier alpha value is -0.900. The largest absolute Gasteiger partial charge is 0.380 e. The van der Waals surface area contributed by atoms with Crippen molar-refractivity contribution in [3.63, 3.8) is 0 Å². The molecule has 3 heteroatoms. The van der Waals surface area contributed by atoms with Gasteiger partial charge >= 0.3 is 0 Å². The topological polar surface area (TPSA) is 15.7 Å². The van der Waals surface area contributed by atoms with Crippen molar-refractivity contribution in [2.45, 2.75) is 31.3 Å². The summed E-state index contributed by atoms with van der Waals surface area (Å²) >= 11 is 0. The Morgan fingerprint density at radius 3 is 2.52 bits per heavy atom. The number of hydrogen-bond donors (Lipinski definition) is 0. The second kappa shape index (κ2) is 7.39. The predicted molar refractivity (Wildman–Crippen MR) is 86.7 cm³/mol. The molecule has 0 amide bonds. The zero-order valence-corrected chi connectivity index (χ0v) is 13.2. The molecule has 2 heterocycles. The summed E-state index contributed by atoms with van der Waals surface area (Å²) in [5.41, 5.74) is 1.51. The van der Waals surface area contributed by atoms with E-state index in [0.717, 1.165) is 12.5 Å². The van der Waals surface area contributed by atoms with Crippen LogP contribution in [0.15, 0.2) is 30.3 Å². The number of rotatable bonds is 5. The summed E-state index contributed by atoms with van der Waals surface area (Å²) in [6.07, 6.45) is 4.28. The lowest BCUT2D eigenvalue weighted by Crippen LogP contribution is -2.42. The molecule has 1 aromatic rings. The van der Waals surface area contributed by atoms with Gasteiger partial charge in [-0.2, -0.15) is 0 Å². The average Bonchev–Trinajstić information content (AvgIpc) is 3.03. The standard InChI is InChI=1S/C18H28N2O/c1-21-18-8-5-10-19(15-18)12-13-20-11-9-17(14-20)16-6-3-2-4-7-16/h2-4,6-7,17-18H,5,8-15H2,1H3/t17-,18-/m0/s1. The van der Waals surface area contributed by atoms with Crippen LogP contribution in [-0.2, 0) is 4.74 Å². The molecule has 3 nitrogen and oxygen atoms in total. The number of benzene rings is 1. The number of methoxy groups -OCH3 is 1. The zero-order chi connectivity index (χ0) is 14.5. The Bertz CT molecular complexity index is 422. The van der Waals surface area contributed by atoms with Gasteiger partial charge in [-0.1, -0.05) is 30.3 Å². The summed E-state index contributed by atoms with van der Waals surface area (Å²) in [5.74, 6) is 0.735. The molecule has 21 heavy (non-hydrogen) atoms. The number of piperidine rings is 1. The van der Waals surface area contributed by atoms with E-state index in [2.05, 4.69) is 40.1 Å². The fourth-order valence-corrected chi connectivity index (χ4v) is 3.72. The highest BCUT2D eigenvalue weighted by atomic mass is 16.5. The lowest BCUT2D eigenvalue weighted by atomic mass is 9.99.